The van der Waals surface area contributed by atoms with Crippen LogP contribution < -0.4 is 0 Å². The van der Waals surface area contributed by atoms with Crippen molar-refractivity contribution in [1.82, 2.24) is 0 Å². The topological polar surface area (TPSA) is 12.4 Å². The summed E-state index contributed by atoms with van der Waals surface area (Å²) in [7, 11) is 0. The lowest BCUT2D eigenvalue weighted by atomic mass is 10.1. The van der Waals surface area contributed by atoms with E-state index in [1.165, 1.54) is 16.7 Å². The van der Waals surface area contributed by atoms with Gasteiger partial charge in [0.2, 0.25) is 0 Å². The summed E-state index contributed by atoms with van der Waals surface area (Å²) in [5.74, 6) is 0. The molecule has 1 nitrogen and oxygen atoms in total. The van der Waals surface area contributed by atoms with Gasteiger partial charge in [0.15, 0.2) is 0 Å². The van der Waals surface area contributed by atoms with E-state index in [0.29, 0.717) is 0 Å². The second-order valence-electron chi connectivity index (χ2n) is 3.93. The Bertz CT molecular complexity index is 388. The Balaban J connectivity index is 3.21. The summed E-state index contributed by atoms with van der Waals surface area (Å²) >= 11 is 0. The van der Waals surface area contributed by atoms with Gasteiger partial charge in [0.1, 0.15) is 0 Å². The summed E-state index contributed by atoms with van der Waals surface area (Å²) in [5, 5.41) is 0. The van der Waals surface area contributed by atoms with Crippen LogP contribution >= 0.6 is 0 Å². The molecule has 0 aliphatic carbocycles. The van der Waals surface area contributed by atoms with Gasteiger partial charge in [-0.05, 0) is 57.9 Å². The molecule has 0 aromatic heterocycles. The van der Waals surface area contributed by atoms with Crippen molar-refractivity contribution in [3.8, 4) is 0 Å². The molecule has 0 spiro atoms. The summed E-state index contributed by atoms with van der Waals surface area (Å²) in [6.45, 7) is 10.2. The predicted molar refractivity (Wildman–Crippen MR) is 66.9 cm³/mol. The number of aliphatic imine (C=N–C) groups is 1. The molecule has 1 aromatic carbocycles. The minimum atomic E-state index is 0.993. The highest BCUT2D eigenvalue weighted by atomic mass is 14.7. The summed E-state index contributed by atoms with van der Waals surface area (Å²) in [6, 6.07) is 4.33. The van der Waals surface area contributed by atoms with Gasteiger partial charge in [0.05, 0.1) is 5.69 Å². The van der Waals surface area contributed by atoms with E-state index in [9.17, 15) is 0 Å². The van der Waals surface area contributed by atoms with Gasteiger partial charge in [0, 0.05) is 5.71 Å². The van der Waals surface area contributed by atoms with Crippen LogP contribution in [0.3, 0.4) is 0 Å². The third kappa shape index (κ3) is 3.05. The lowest BCUT2D eigenvalue weighted by molar-refractivity contribution is 1.28. The molecule has 79 valence electrons. The summed E-state index contributed by atoms with van der Waals surface area (Å²) in [4.78, 5) is 4.59. The molecule has 1 aromatic rings. The Morgan fingerprint density at radius 1 is 1.20 bits per heavy atom. The molecular weight excluding hydrogens is 182 g/mol. The fourth-order valence-electron chi connectivity index (χ4n) is 1.77. The number of nitrogens with zero attached hydrogens (tertiary/aromatic N) is 1. The van der Waals surface area contributed by atoms with E-state index in [2.05, 4.69) is 44.0 Å². The average molecular weight is 200 g/mol. The molecule has 0 fully saturated rings. The van der Waals surface area contributed by atoms with Crippen LogP contribution in [0.1, 0.15) is 30.5 Å². The van der Waals surface area contributed by atoms with Gasteiger partial charge in [-0.25, -0.2) is 0 Å². The van der Waals surface area contributed by atoms with E-state index < -0.39 is 0 Å². The zero-order chi connectivity index (χ0) is 11.4. The van der Waals surface area contributed by atoms with Gasteiger partial charge in [0.25, 0.3) is 0 Å². The Labute approximate surface area is 92.6 Å². The lowest BCUT2D eigenvalue weighted by Crippen LogP contribution is -1.88. The summed E-state index contributed by atoms with van der Waals surface area (Å²) < 4.78 is 0. The van der Waals surface area contributed by atoms with Gasteiger partial charge in [-0.2, -0.15) is 0 Å². The fraction of sp³-hybridized carbons (Fsp3) is 0.357. The Kier molecular flexibility index (Phi) is 3.84. The third-order valence-electron chi connectivity index (χ3n) is 2.28. The average Bonchev–Trinajstić information content (AvgIpc) is 2.11. The largest absolute Gasteiger partial charge is 0.253 e. The van der Waals surface area contributed by atoms with E-state index in [0.717, 1.165) is 11.4 Å². The maximum atomic E-state index is 4.59. The second kappa shape index (κ2) is 4.92. The molecule has 0 heterocycles. The summed E-state index contributed by atoms with van der Waals surface area (Å²) in [5.41, 5.74) is 5.84. The van der Waals surface area contributed by atoms with E-state index >= 15 is 0 Å². The van der Waals surface area contributed by atoms with Gasteiger partial charge in [-0.3, -0.25) is 4.99 Å². The van der Waals surface area contributed by atoms with Crippen LogP contribution in [0.5, 0.6) is 0 Å². The molecule has 15 heavy (non-hydrogen) atoms. The van der Waals surface area contributed by atoms with Crippen LogP contribution in [-0.4, -0.2) is 5.71 Å². The molecule has 1 rings (SSSR count). The summed E-state index contributed by atoms with van der Waals surface area (Å²) in [6.07, 6.45) is 4.88. The molecule has 0 unspecified atom stereocenters. The first kappa shape index (κ1) is 11.7. The Hall–Kier alpha value is -1.37. The lowest BCUT2D eigenvalue weighted by Gasteiger charge is -2.07. The van der Waals surface area contributed by atoms with E-state index in [-0.39, 0.29) is 0 Å². The van der Waals surface area contributed by atoms with Crippen LogP contribution in [0.15, 0.2) is 23.2 Å². The zero-order valence-electron chi connectivity index (χ0n) is 10.2. The fourth-order valence-corrected chi connectivity index (χ4v) is 1.77. The van der Waals surface area contributed by atoms with Crippen molar-refractivity contribution in [2.24, 2.45) is 4.99 Å². The van der Waals surface area contributed by atoms with Crippen molar-refractivity contribution in [2.75, 3.05) is 0 Å². The number of rotatable bonds is 2. The van der Waals surface area contributed by atoms with Crippen molar-refractivity contribution in [3.05, 3.63) is 41.0 Å². The van der Waals surface area contributed by atoms with Gasteiger partial charge < -0.3 is 0 Å². The first-order chi connectivity index (χ1) is 7.04. The molecule has 0 amide bonds. The number of benzene rings is 1. The van der Waals surface area contributed by atoms with E-state index in [1.54, 1.807) is 0 Å². The van der Waals surface area contributed by atoms with Crippen molar-refractivity contribution >= 4 is 11.4 Å². The normalized spacial score (nSPS) is 12.5. The quantitative estimate of drug-likeness (QED) is 0.638. The maximum absolute atomic E-state index is 4.59. The molecule has 0 atom stereocenters. The number of allylic oxidation sites excluding steroid dienone is 2. The van der Waals surface area contributed by atoms with Crippen LogP contribution in [0.2, 0.25) is 0 Å². The molecule has 0 saturated heterocycles. The Morgan fingerprint density at radius 3 is 2.20 bits per heavy atom. The second-order valence-corrected chi connectivity index (χ2v) is 3.93. The first-order valence-corrected chi connectivity index (χ1v) is 5.18. The molecular formula is C14H18N. The monoisotopic (exact) mass is 200 g/mol. The zero-order valence-corrected chi connectivity index (χ0v) is 10.2. The highest BCUT2D eigenvalue weighted by Crippen LogP contribution is 2.25. The first-order valence-electron chi connectivity index (χ1n) is 5.18. The number of aryl methyl sites for hydroxylation is 3. The molecule has 1 radical (unpaired) electrons. The Morgan fingerprint density at radius 2 is 1.73 bits per heavy atom. The molecule has 0 bridgehead atoms. The molecule has 0 saturated carbocycles. The van der Waals surface area contributed by atoms with Gasteiger partial charge in [-0.1, -0.05) is 17.7 Å². The smallest absolute Gasteiger partial charge is 0.0691 e. The highest BCUT2D eigenvalue weighted by Gasteiger charge is 2.01. The van der Waals surface area contributed by atoms with Crippen LogP contribution in [0.4, 0.5) is 5.69 Å². The molecule has 1 heteroatoms. The minimum absolute atomic E-state index is 0.993. The van der Waals surface area contributed by atoms with Gasteiger partial charge >= 0.3 is 0 Å². The van der Waals surface area contributed by atoms with Gasteiger partial charge in [-0.15, -0.1) is 0 Å². The molecule has 0 N–H and O–H groups in total. The van der Waals surface area contributed by atoms with Crippen LogP contribution in [0, 0.1) is 26.8 Å². The van der Waals surface area contributed by atoms with E-state index in [4.69, 9.17) is 0 Å². The maximum Gasteiger partial charge on any atom is 0.0691 e. The van der Waals surface area contributed by atoms with Crippen molar-refractivity contribution < 1.29 is 0 Å². The van der Waals surface area contributed by atoms with E-state index in [1.807, 2.05) is 19.9 Å². The van der Waals surface area contributed by atoms with Crippen molar-refractivity contribution in [3.63, 3.8) is 0 Å². The standard InChI is InChI=1S/C14H18N/c1-6-7-13(5)15-14-11(3)8-10(2)9-12(14)4/h7-9H,1-5H3. The number of hydrogen-bond acceptors (Lipinski definition) is 1. The highest BCUT2D eigenvalue weighted by molar-refractivity contribution is 5.94. The van der Waals surface area contributed by atoms with Crippen molar-refractivity contribution in [1.29, 1.82) is 0 Å². The third-order valence-corrected chi connectivity index (χ3v) is 2.28. The SMILES string of the molecule is C[C]=CC(C)=Nc1c(C)cc(C)cc1C. The van der Waals surface area contributed by atoms with Crippen molar-refractivity contribution in [2.45, 2.75) is 34.6 Å². The predicted octanol–water partition coefficient (Wildman–Crippen LogP) is 4.08. The molecule has 0 aliphatic heterocycles. The number of hydrogen-bond donors (Lipinski definition) is 0. The molecule has 0 aliphatic rings. The van der Waals surface area contributed by atoms with Crippen LogP contribution in [-0.2, 0) is 0 Å². The minimum Gasteiger partial charge on any atom is -0.253 e. The van der Waals surface area contributed by atoms with Crippen LogP contribution in [0.25, 0.3) is 0 Å².